The highest BCUT2D eigenvalue weighted by atomic mass is 16.5. The fraction of sp³-hybridized carbons (Fsp3) is 0.750. The number of nitrogens with one attached hydrogen (secondary N) is 2. The van der Waals surface area contributed by atoms with Crippen LogP contribution < -0.4 is 21.3 Å². The molecular formula is C12H24N6O. The minimum atomic E-state index is 0.289. The van der Waals surface area contributed by atoms with E-state index in [2.05, 4.69) is 39.5 Å². The van der Waals surface area contributed by atoms with Gasteiger partial charge in [0.2, 0.25) is 11.9 Å². The zero-order valence-corrected chi connectivity index (χ0v) is 11.9. The van der Waals surface area contributed by atoms with E-state index < -0.39 is 0 Å². The molecule has 0 amide bonds. The molecule has 19 heavy (non-hydrogen) atoms. The van der Waals surface area contributed by atoms with Gasteiger partial charge in [-0.15, -0.1) is 0 Å². The molecule has 0 unspecified atom stereocenters. The van der Waals surface area contributed by atoms with Crippen LogP contribution in [0.4, 0.5) is 11.9 Å². The molecule has 0 aromatic carbocycles. The van der Waals surface area contributed by atoms with Crippen LogP contribution in [-0.4, -0.2) is 28.1 Å². The van der Waals surface area contributed by atoms with Crippen molar-refractivity contribution in [2.45, 2.75) is 40.0 Å². The second kappa shape index (κ2) is 8.47. The van der Waals surface area contributed by atoms with E-state index in [-0.39, 0.29) is 6.01 Å². The lowest BCUT2D eigenvalue weighted by Crippen LogP contribution is -2.18. The second-order valence-corrected chi connectivity index (χ2v) is 4.32. The summed E-state index contributed by atoms with van der Waals surface area (Å²) < 4.78 is 5.40. The SMILES string of the molecule is CCCOc1nc(NN)nc(NCC(CC)CC)n1. The highest BCUT2D eigenvalue weighted by Gasteiger charge is 2.08. The topological polar surface area (TPSA) is 98.0 Å². The first-order chi connectivity index (χ1) is 9.23. The van der Waals surface area contributed by atoms with Gasteiger partial charge in [0.1, 0.15) is 0 Å². The lowest BCUT2D eigenvalue weighted by atomic mass is 10.0. The number of nitrogens with two attached hydrogens (primary N) is 1. The summed E-state index contributed by atoms with van der Waals surface area (Å²) in [5.74, 6) is 6.73. The maximum Gasteiger partial charge on any atom is 0.323 e. The van der Waals surface area contributed by atoms with Crippen LogP contribution in [0.1, 0.15) is 40.0 Å². The van der Waals surface area contributed by atoms with Crippen LogP contribution in [0.15, 0.2) is 0 Å². The zero-order valence-electron chi connectivity index (χ0n) is 11.9. The molecule has 7 nitrogen and oxygen atoms in total. The highest BCUT2D eigenvalue weighted by molar-refractivity contribution is 5.34. The summed E-state index contributed by atoms with van der Waals surface area (Å²) >= 11 is 0. The Morgan fingerprint density at radius 2 is 1.79 bits per heavy atom. The molecule has 0 saturated carbocycles. The first kappa shape index (κ1) is 15.4. The summed E-state index contributed by atoms with van der Waals surface area (Å²) in [6, 6.07) is 0.289. The minimum Gasteiger partial charge on any atom is -0.463 e. The lowest BCUT2D eigenvalue weighted by molar-refractivity contribution is 0.292. The lowest BCUT2D eigenvalue weighted by Gasteiger charge is -2.14. The molecule has 0 spiro atoms. The Morgan fingerprint density at radius 1 is 1.11 bits per heavy atom. The Bertz CT molecular complexity index is 369. The molecule has 0 radical (unpaired) electrons. The van der Waals surface area contributed by atoms with Crippen LogP contribution in [0.5, 0.6) is 6.01 Å². The standard InChI is InChI=1S/C12H24N6O/c1-4-7-19-12-16-10(15-11(17-12)18-13)14-8-9(5-2)6-3/h9H,4-8,13H2,1-3H3,(H2,14,15,16,17,18). The number of hydrazine groups is 1. The van der Waals surface area contributed by atoms with Gasteiger partial charge >= 0.3 is 6.01 Å². The Balaban J connectivity index is 2.70. The van der Waals surface area contributed by atoms with Crippen molar-refractivity contribution in [3.8, 4) is 6.01 Å². The fourth-order valence-corrected chi connectivity index (χ4v) is 1.57. The smallest absolute Gasteiger partial charge is 0.323 e. The van der Waals surface area contributed by atoms with E-state index in [4.69, 9.17) is 10.6 Å². The van der Waals surface area contributed by atoms with Gasteiger partial charge in [-0.05, 0) is 12.3 Å². The summed E-state index contributed by atoms with van der Waals surface area (Å²) in [6.07, 6.45) is 3.14. The van der Waals surface area contributed by atoms with Gasteiger partial charge in [0.25, 0.3) is 0 Å². The van der Waals surface area contributed by atoms with Crippen molar-refractivity contribution in [3.63, 3.8) is 0 Å². The van der Waals surface area contributed by atoms with Crippen molar-refractivity contribution in [3.05, 3.63) is 0 Å². The van der Waals surface area contributed by atoms with Gasteiger partial charge in [0.15, 0.2) is 0 Å². The highest BCUT2D eigenvalue weighted by Crippen LogP contribution is 2.13. The summed E-state index contributed by atoms with van der Waals surface area (Å²) in [4.78, 5) is 12.4. The molecule has 0 saturated heterocycles. The summed E-state index contributed by atoms with van der Waals surface area (Å²) in [6.45, 7) is 7.77. The van der Waals surface area contributed by atoms with Crippen molar-refractivity contribution in [2.24, 2.45) is 11.8 Å². The molecule has 0 fully saturated rings. The van der Waals surface area contributed by atoms with Crippen molar-refractivity contribution < 1.29 is 4.74 Å². The van der Waals surface area contributed by atoms with Crippen LogP contribution in [0.25, 0.3) is 0 Å². The monoisotopic (exact) mass is 268 g/mol. The summed E-state index contributed by atoms with van der Waals surface area (Å²) in [5, 5.41) is 3.20. The molecule has 4 N–H and O–H groups in total. The van der Waals surface area contributed by atoms with Crippen LogP contribution >= 0.6 is 0 Å². The number of hydrogen-bond acceptors (Lipinski definition) is 7. The van der Waals surface area contributed by atoms with Crippen molar-refractivity contribution in [1.82, 2.24) is 15.0 Å². The average Bonchev–Trinajstić information content (AvgIpc) is 2.46. The Hall–Kier alpha value is -1.63. The number of nitrogen functional groups attached to an aromatic ring is 1. The maximum atomic E-state index is 5.40. The van der Waals surface area contributed by atoms with Crippen LogP contribution in [0.3, 0.4) is 0 Å². The molecule has 108 valence electrons. The molecule has 0 aliphatic rings. The first-order valence-electron chi connectivity index (χ1n) is 6.82. The molecule has 0 bridgehead atoms. The van der Waals surface area contributed by atoms with Gasteiger partial charge in [-0.2, -0.15) is 15.0 Å². The summed E-state index contributed by atoms with van der Waals surface area (Å²) in [7, 11) is 0. The normalized spacial score (nSPS) is 10.6. The third kappa shape index (κ3) is 5.25. The first-order valence-corrected chi connectivity index (χ1v) is 6.82. The van der Waals surface area contributed by atoms with Gasteiger partial charge in [-0.3, -0.25) is 5.43 Å². The quantitative estimate of drug-likeness (QED) is 0.464. The number of nitrogens with zero attached hydrogens (tertiary/aromatic N) is 3. The number of anilines is 2. The van der Waals surface area contributed by atoms with Gasteiger partial charge < -0.3 is 10.1 Å². The minimum absolute atomic E-state index is 0.289. The van der Waals surface area contributed by atoms with E-state index in [1.54, 1.807) is 0 Å². The van der Waals surface area contributed by atoms with E-state index in [0.717, 1.165) is 25.8 Å². The van der Waals surface area contributed by atoms with Crippen LogP contribution in [-0.2, 0) is 0 Å². The van der Waals surface area contributed by atoms with Crippen molar-refractivity contribution >= 4 is 11.9 Å². The Kier molecular flexibility index (Phi) is 6.88. The van der Waals surface area contributed by atoms with E-state index in [0.29, 0.717) is 24.4 Å². The predicted octanol–water partition coefficient (Wildman–Crippen LogP) is 1.79. The van der Waals surface area contributed by atoms with Gasteiger partial charge in [-0.25, -0.2) is 5.84 Å². The average molecular weight is 268 g/mol. The Labute approximate surface area is 114 Å². The van der Waals surface area contributed by atoms with Crippen LogP contribution in [0.2, 0.25) is 0 Å². The molecule has 0 aliphatic carbocycles. The van der Waals surface area contributed by atoms with E-state index in [9.17, 15) is 0 Å². The number of rotatable bonds is 9. The van der Waals surface area contributed by atoms with Crippen LogP contribution in [0, 0.1) is 5.92 Å². The summed E-state index contributed by atoms with van der Waals surface area (Å²) in [5.41, 5.74) is 2.42. The molecule has 0 aliphatic heterocycles. The van der Waals surface area contributed by atoms with Gasteiger partial charge in [-0.1, -0.05) is 33.6 Å². The maximum absolute atomic E-state index is 5.40. The molecule has 0 atom stereocenters. The molecule has 7 heteroatoms. The second-order valence-electron chi connectivity index (χ2n) is 4.32. The van der Waals surface area contributed by atoms with E-state index in [1.807, 2.05) is 6.92 Å². The molecule has 1 aromatic heterocycles. The zero-order chi connectivity index (χ0) is 14.1. The van der Waals surface area contributed by atoms with Crippen molar-refractivity contribution in [2.75, 3.05) is 23.9 Å². The third-order valence-electron chi connectivity index (χ3n) is 2.88. The third-order valence-corrected chi connectivity index (χ3v) is 2.88. The predicted molar refractivity (Wildman–Crippen MR) is 76.0 cm³/mol. The Morgan fingerprint density at radius 3 is 2.37 bits per heavy atom. The number of aromatic nitrogens is 3. The fourth-order valence-electron chi connectivity index (χ4n) is 1.57. The number of ether oxygens (including phenoxy) is 1. The van der Waals surface area contributed by atoms with E-state index in [1.165, 1.54) is 0 Å². The molecule has 1 heterocycles. The van der Waals surface area contributed by atoms with Gasteiger partial charge in [0, 0.05) is 6.54 Å². The molecular weight excluding hydrogens is 244 g/mol. The van der Waals surface area contributed by atoms with E-state index >= 15 is 0 Å². The van der Waals surface area contributed by atoms with Gasteiger partial charge in [0.05, 0.1) is 6.61 Å². The largest absolute Gasteiger partial charge is 0.463 e. The number of hydrogen-bond donors (Lipinski definition) is 3. The van der Waals surface area contributed by atoms with Crippen molar-refractivity contribution in [1.29, 1.82) is 0 Å². The molecule has 1 aromatic rings. The molecule has 1 rings (SSSR count).